The van der Waals surface area contributed by atoms with E-state index in [1.165, 1.54) is 0 Å². The first kappa shape index (κ1) is 18.3. The van der Waals surface area contributed by atoms with E-state index in [0.717, 1.165) is 57.9 Å². The summed E-state index contributed by atoms with van der Waals surface area (Å²) >= 11 is 0. The molecule has 0 aromatic carbocycles. The Bertz CT molecular complexity index is 294. The topological polar surface area (TPSA) is 35.6 Å². The molecule has 0 bridgehead atoms. The number of carbonyl (C=O) groups excluding carboxylic acids is 1. The summed E-state index contributed by atoms with van der Waals surface area (Å²) in [5.41, 5.74) is 0. The third-order valence-corrected chi connectivity index (χ3v) is 4.63. The number of likely N-dealkylation sites (N-methyl/N-ethyl adjacent to an activating group) is 1. The van der Waals surface area contributed by atoms with E-state index in [4.69, 9.17) is 0 Å². The SMILES string of the molecule is CCN(CC)C(CNC(=O)N1CCC(C)CC1)CC(C)C. The number of hydrogen-bond acceptors (Lipinski definition) is 2. The Kier molecular flexibility index (Phi) is 8.09. The number of amides is 2. The van der Waals surface area contributed by atoms with Crippen molar-refractivity contribution in [2.45, 2.75) is 59.9 Å². The summed E-state index contributed by atoms with van der Waals surface area (Å²) in [4.78, 5) is 16.7. The van der Waals surface area contributed by atoms with Gasteiger partial charge in [0.1, 0.15) is 0 Å². The van der Waals surface area contributed by atoms with Gasteiger partial charge in [0.25, 0.3) is 0 Å². The number of hydrogen-bond donors (Lipinski definition) is 1. The molecule has 21 heavy (non-hydrogen) atoms. The van der Waals surface area contributed by atoms with E-state index in [1.807, 2.05) is 4.90 Å². The van der Waals surface area contributed by atoms with E-state index in [2.05, 4.69) is 44.8 Å². The molecule has 0 spiro atoms. The zero-order valence-corrected chi connectivity index (χ0v) is 14.7. The highest BCUT2D eigenvalue weighted by Crippen LogP contribution is 2.16. The van der Waals surface area contributed by atoms with Crippen molar-refractivity contribution in [2.24, 2.45) is 11.8 Å². The normalized spacial score (nSPS) is 18.3. The first-order chi connectivity index (χ1) is 9.97. The van der Waals surface area contributed by atoms with Gasteiger partial charge in [-0.2, -0.15) is 0 Å². The number of piperidine rings is 1. The van der Waals surface area contributed by atoms with E-state index in [1.54, 1.807) is 0 Å². The maximum atomic E-state index is 12.3. The van der Waals surface area contributed by atoms with Gasteiger partial charge in [-0.3, -0.25) is 4.90 Å². The molecule has 0 radical (unpaired) electrons. The van der Waals surface area contributed by atoms with Crippen LogP contribution in [0.5, 0.6) is 0 Å². The summed E-state index contributed by atoms with van der Waals surface area (Å²) in [5.74, 6) is 1.42. The number of urea groups is 1. The number of carbonyl (C=O) groups is 1. The third kappa shape index (κ3) is 6.25. The molecule has 0 aromatic rings. The second kappa shape index (κ2) is 9.29. The Morgan fingerprint density at radius 3 is 2.29 bits per heavy atom. The van der Waals surface area contributed by atoms with Gasteiger partial charge in [0.2, 0.25) is 0 Å². The summed E-state index contributed by atoms with van der Waals surface area (Å²) in [5, 5.41) is 3.17. The molecular weight excluding hydrogens is 262 g/mol. The predicted molar refractivity (Wildman–Crippen MR) is 89.5 cm³/mol. The Morgan fingerprint density at radius 2 is 1.81 bits per heavy atom. The van der Waals surface area contributed by atoms with Crippen LogP contribution in [0, 0.1) is 11.8 Å². The lowest BCUT2D eigenvalue weighted by molar-refractivity contribution is 0.159. The van der Waals surface area contributed by atoms with Gasteiger partial charge in [0, 0.05) is 25.7 Å². The second-order valence-corrected chi connectivity index (χ2v) is 6.86. The highest BCUT2D eigenvalue weighted by molar-refractivity contribution is 5.74. The summed E-state index contributed by atoms with van der Waals surface area (Å²) in [6, 6.07) is 0.579. The first-order valence-corrected chi connectivity index (χ1v) is 8.74. The van der Waals surface area contributed by atoms with Crippen molar-refractivity contribution in [1.82, 2.24) is 15.1 Å². The minimum absolute atomic E-state index is 0.128. The van der Waals surface area contributed by atoms with Gasteiger partial charge in [0.15, 0.2) is 0 Å². The van der Waals surface area contributed by atoms with E-state index in [9.17, 15) is 4.79 Å². The number of likely N-dealkylation sites (tertiary alicyclic amines) is 1. The van der Waals surface area contributed by atoms with Crippen LogP contribution in [0.3, 0.4) is 0 Å². The fourth-order valence-electron chi connectivity index (χ4n) is 3.17. The average Bonchev–Trinajstić information content (AvgIpc) is 2.45. The number of nitrogens with one attached hydrogen (secondary N) is 1. The van der Waals surface area contributed by atoms with Crippen LogP contribution in [0.1, 0.15) is 53.9 Å². The molecule has 1 aliphatic rings. The lowest BCUT2D eigenvalue weighted by atomic mass is 9.99. The van der Waals surface area contributed by atoms with Crippen LogP contribution < -0.4 is 5.32 Å². The smallest absolute Gasteiger partial charge is 0.317 e. The molecule has 1 rings (SSSR count). The van der Waals surface area contributed by atoms with Gasteiger partial charge >= 0.3 is 6.03 Å². The van der Waals surface area contributed by atoms with Crippen molar-refractivity contribution < 1.29 is 4.79 Å². The van der Waals surface area contributed by atoms with Gasteiger partial charge in [-0.05, 0) is 44.2 Å². The van der Waals surface area contributed by atoms with E-state index in [-0.39, 0.29) is 6.03 Å². The molecular formula is C17H35N3O. The van der Waals surface area contributed by atoms with E-state index in [0.29, 0.717) is 12.0 Å². The van der Waals surface area contributed by atoms with Crippen molar-refractivity contribution in [2.75, 3.05) is 32.7 Å². The van der Waals surface area contributed by atoms with Crippen LogP contribution in [-0.2, 0) is 0 Å². The Balaban J connectivity index is 2.45. The van der Waals surface area contributed by atoms with Gasteiger partial charge in [-0.15, -0.1) is 0 Å². The van der Waals surface area contributed by atoms with Crippen LogP contribution in [-0.4, -0.2) is 54.6 Å². The van der Waals surface area contributed by atoms with Crippen molar-refractivity contribution in [3.05, 3.63) is 0 Å². The zero-order valence-electron chi connectivity index (χ0n) is 14.7. The zero-order chi connectivity index (χ0) is 15.8. The summed E-state index contributed by atoms with van der Waals surface area (Å²) in [6.07, 6.45) is 3.41. The molecule has 1 N–H and O–H groups in total. The molecule has 2 amide bonds. The maximum Gasteiger partial charge on any atom is 0.317 e. The monoisotopic (exact) mass is 297 g/mol. The molecule has 1 atom stereocenters. The second-order valence-electron chi connectivity index (χ2n) is 6.86. The highest BCUT2D eigenvalue weighted by Gasteiger charge is 2.22. The van der Waals surface area contributed by atoms with Crippen LogP contribution in [0.15, 0.2) is 0 Å². The Hall–Kier alpha value is -0.770. The van der Waals surface area contributed by atoms with E-state index < -0.39 is 0 Å². The minimum atomic E-state index is 0.128. The first-order valence-electron chi connectivity index (χ1n) is 8.74. The summed E-state index contributed by atoms with van der Waals surface area (Å²) < 4.78 is 0. The summed E-state index contributed by atoms with van der Waals surface area (Å²) in [7, 11) is 0. The van der Waals surface area contributed by atoms with Crippen molar-refractivity contribution in [3.8, 4) is 0 Å². The third-order valence-electron chi connectivity index (χ3n) is 4.63. The predicted octanol–water partition coefficient (Wildman–Crippen LogP) is 3.18. The van der Waals surface area contributed by atoms with Crippen molar-refractivity contribution >= 4 is 6.03 Å². The quantitative estimate of drug-likeness (QED) is 0.783. The maximum absolute atomic E-state index is 12.3. The molecule has 1 unspecified atom stereocenters. The van der Waals surface area contributed by atoms with Crippen LogP contribution >= 0.6 is 0 Å². The number of rotatable bonds is 7. The van der Waals surface area contributed by atoms with Crippen LogP contribution in [0.2, 0.25) is 0 Å². The minimum Gasteiger partial charge on any atom is -0.336 e. The Labute approximate surface area is 131 Å². The van der Waals surface area contributed by atoms with Crippen molar-refractivity contribution in [1.29, 1.82) is 0 Å². The van der Waals surface area contributed by atoms with Gasteiger partial charge < -0.3 is 10.2 Å². The molecule has 0 aromatic heterocycles. The fraction of sp³-hybridized carbons (Fsp3) is 0.941. The van der Waals surface area contributed by atoms with Gasteiger partial charge in [-0.25, -0.2) is 4.79 Å². The lowest BCUT2D eigenvalue weighted by Gasteiger charge is -2.34. The molecule has 0 saturated carbocycles. The summed E-state index contributed by atoms with van der Waals surface area (Å²) in [6.45, 7) is 15.9. The largest absolute Gasteiger partial charge is 0.336 e. The standard InChI is InChI=1S/C17H35N3O/c1-6-19(7-2)16(12-14(3)4)13-18-17(21)20-10-8-15(5)9-11-20/h14-16H,6-13H2,1-5H3,(H,18,21). The molecule has 1 heterocycles. The average molecular weight is 297 g/mol. The molecule has 1 saturated heterocycles. The molecule has 0 aliphatic carbocycles. The molecule has 4 heteroatoms. The Morgan fingerprint density at radius 1 is 1.24 bits per heavy atom. The molecule has 124 valence electrons. The lowest BCUT2D eigenvalue weighted by Crippen LogP contribution is -2.49. The highest BCUT2D eigenvalue weighted by atomic mass is 16.2. The van der Waals surface area contributed by atoms with Crippen molar-refractivity contribution in [3.63, 3.8) is 0 Å². The molecule has 4 nitrogen and oxygen atoms in total. The van der Waals surface area contributed by atoms with Crippen LogP contribution in [0.25, 0.3) is 0 Å². The number of nitrogens with zero attached hydrogens (tertiary/aromatic N) is 2. The molecule has 1 fully saturated rings. The van der Waals surface area contributed by atoms with Gasteiger partial charge in [0.05, 0.1) is 0 Å². The molecule has 1 aliphatic heterocycles. The van der Waals surface area contributed by atoms with Gasteiger partial charge in [-0.1, -0.05) is 34.6 Å². The van der Waals surface area contributed by atoms with E-state index >= 15 is 0 Å². The fourth-order valence-corrected chi connectivity index (χ4v) is 3.17. The van der Waals surface area contributed by atoms with Crippen LogP contribution in [0.4, 0.5) is 4.79 Å².